The van der Waals surface area contributed by atoms with E-state index in [0.717, 1.165) is 17.7 Å². The summed E-state index contributed by atoms with van der Waals surface area (Å²) in [6.07, 6.45) is -4.89. The van der Waals surface area contributed by atoms with Crippen LogP contribution in [0.5, 0.6) is 0 Å². The first-order valence-electron chi connectivity index (χ1n) is 13.4. The first kappa shape index (κ1) is 32.2. The lowest BCUT2D eigenvalue weighted by Crippen LogP contribution is -2.59. The third-order valence-corrected chi connectivity index (χ3v) is 6.30. The van der Waals surface area contributed by atoms with Crippen LogP contribution in [0.15, 0.2) is 54.6 Å². The Hall–Kier alpha value is -4.29. The number of carbonyl (C=O) groups excluding carboxylic acids is 4. The minimum atomic E-state index is -4.61. The van der Waals surface area contributed by atoms with Crippen molar-refractivity contribution < 1.29 is 41.8 Å². The highest BCUT2D eigenvalue weighted by Gasteiger charge is 2.35. The molecule has 4 N–H and O–H groups in total. The Morgan fingerprint density at radius 1 is 0.857 bits per heavy atom. The number of halogens is 3. The van der Waals surface area contributed by atoms with E-state index in [-0.39, 0.29) is 24.6 Å². The van der Waals surface area contributed by atoms with Crippen LogP contribution in [0.4, 0.5) is 22.8 Å². The van der Waals surface area contributed by atoms with Crippen LogP contribution >= 0.6 is 0 Å². The number of alkyl carbamates (subject to hydrolysis) is 2. The molecule has 0 radical (unpaired) electrons. The van der Waals surface area contributed by atoms with Gasteiger partial charge in [-0.1, -0.05) is 36.4 Å². The number of benzene rings is 2. The van der Waals surface area contributed by atoms with Crippen LogP contribution in [0, 0.1) is 0 Å². The maximum Gasteiger partial charge on any atom is 0.416 e. The third-order valence-electron chi connectivity index (χ3n) is 6.30. The highest BCUT2D eigenvalue weighted by Crippen LogP contribution is 2.29. The van der Waals surface area contributed by atoms with E-state index in [0.29, 0.717) is 18.9 Å². The number of ether oxygens (including phenoxy) is 2. The average Bonchev–Trinajstić information content (AvgIpc) is 2.91. The standard InChI is InChI=1S/C29H35F3N4O6/c1-28(2,3)42-27(40)36-23-15-21(34-26(39)41-17-18-8-5-4-6-9-18)12-13-22(23)35-24(37)16-33-25(38)19-10-7-11-20(14-19)29(30,31)32/h4-11,14,21-23H,12-13,15-17H2,1-3H3,(H,33,38)(H,34,39)(H,35,37)(H,36,40). The predicted octanol–water partition coefficient (Wildman–Crippen LogP) is 4.29. The van der Waals surface area contributed by atoms with E-state index in [4.69, 9.17) is 9.47 Å². The molecule has 1 aliphatic carbocycles. The molecule has 3 unspecified atom stereocenters. The molecule has 3 rings (SSSR count). The number of hydrogen-bond donors (Lipinski definition) is 4. The molecule has 228 valence electrons. The fraction of sp³-hybridized carbons (Fsp3) is 0.448. The lowest BCUT2D eigenvalue weighted by atomic mass is 9.86. The summed E-state index contributed by atoms with van der Waals surface area (Å²) in [4.78, 5) is 49.9. The summed E-state index contributed by atoms with van der Waals surface area (Å²) >= 11 is 0. The molecule has 1 aliphatic rings. The Kier molecular flexibility index (Phi) is 10.8. The second kappa shape index (κ2) is 14.1. The maximum atomic E-state index is 13.0. The van der Waals surface area contributed by atoms with Gasteiger partial charge in [-0.15, -0.1) is 0 Å². The number of hydrogen-bond acceptors (Lipinski definition) is 6. The number of amides is 4. The molecule has 2 aromatic carbocycles. The summed E-state index contributed by atoms with van der Waals surface area (Å²) in [6, 6.07) is 11.4. The smallest absolute Gasteiger partial charge is 0.416 e. The molecule has 0 bridgehead atoms. The molecule has 2 aromatic rings. The summed E-state index contributed by atoms with van der Waals surface area (Å²) in [5.74, 6) is -1.45. The lowest BCUT2D eigenvalue weighted by molar-refractivity contribution is -0.137. The minimum absolute atomic E-state index is 0.0872. The Morgan fingerprint density at radius 2 is 1.57 bits per heavy atom. The van der Waals surface area contributed by atoms with Crippen molar-refractivity contribution in [2.24, 2.45) is 0 Å². The van der Waals surface area contributed by atoms with Gasteiger partial charge in [-0.3, -0.25) is 9.59 Å². The van der Waals surface area contributed by atoms with E-state index < -0.39 is 60.0 Å². The van der Waals surface area contributed by atoms with Gasteiger partial charge in [-0.05, 0) is 63.8 Å². The fourth-order valence-corrected chi connectivity index (χ4v) is 4.38. The van der Waals surface area contributed by atoms with Crippen molar-refractivity contribution in [2.75, 3.05) is 6.54 Å². The molecular weight excluding hydrogens is 557 g/mol. The van der Waals surface area contributed by atoms with Crippen LogP contribution in [0.25, 0.3) is 0 Å². The normalized spacial score (nSPS) is 18.8. The molecule has 42 heavy (non-hydrogen) atoms. The molecule has 0 aromatic heterocycles. The van der Waals surface area contributed by atoms with Gasteiger partial charge in [-0.25, -0.2) is 9.59 Å². The highest BCUT2D eigenvalue weighted by atomic mass is 19.4. The number of carbonyl (C=O) groups is 4. The van der Waals surface area contributed by atoms with Crippen LogP contribution in [-0.4, -0.2) is 54.3 Å². The summed E-state index contributed by atoms with van der Waals surface area (Å²) in [6.45, 7) is 4.69. The molecule has 13 heteroatoms. The largest absolute Gasteiger partial charge is 0.445 e. The van der Waals surface area contributed by atoms with Gasteiger partial charge in [-0.2, -0.15) is 13.2 Å². The van der Waals surface area contributed by atoms with Crippen molar-refractivity contribution in [2.45, 2.75) is 76.5 Å². The van der Waals surface area contributed by atoms with Gasteiger partial charge >= 0.3 is 18.4 Å². The van der Waals surface area contributed by atoms with Crippen molar-refractivity contribution in [3.63, 3.8) is 0 Å². The lowest BCUT2D eigenvalue weighted by Gasteiger charge is -2.37. The van der Waals surface area contributed by atoms with Crippen molar-refractivity contribution >= 4 is 24.0 Å². The molecular formula is C29H35F3N4O6. The second-order valence-electron chi connectivity index (χ2n) is 10.9. The Morgan fingerprint density at radius 3 is 2.24 bits per heavy atom. The first-order chi connectivity index (χ1) is 19.7. The second-order valence-corrected chi connectivity index (χ2v) is 10.9. The summed E-state index contributed by atoms with van der Waals surface area (Å²) < 4.78 is 49.5. The Bertz CT molecular complexity index is 1250. The molecule has 0 aliphatic heterocycles. The van der Waals surface area contributed by atoms with E-state index in [1.165, 1.54) is 6.07 Å². The van der Waals surface area contributed by atoms with E-state index in [1.807, 2.05) is 30.3 Å². The van der Waals surface area contributed by atoms with Crippen molar-refractivity contribution in [3.8, 4) is 0 Å². The fourth-order valence-electron chi connectivity index (χ4n) is 4.38. The zero-order valence-electron chi connectivity index (χ0n) is 23.5. The zero-order chi connectivity index (χ0) is 30.9. The van der Waals surface area contributed by atoms with Crippen LogP contribution < -0.4 is 21.3 Å². The minimum Gasteiger partial charge on any atom is -0.445 e. The predicted molar refractivity (Wildman–Crippen MR) is 146 cm³/mol. The maximum absolute atomic E-state index is 13.0. The SMILES string of the molecule is CC(C)(C)OC(=O)NC1CC(NC(=O)OCc2ccccc2)CCC1NC(=O)CNC(=O)c1cccc(C(F)(F)F)c1. The van der Waals surface area contributed by atoms with Crippen LogP contribution in [0.2, 0.25) is 0 Å². The zero-order valence-corrected chi connectivity index (χ0v) is 23.5. The van der Waals surface area contributed by atoms with E-state index in [9.17, 15) is 32.3 Å². The summed E-state index contributed by atoms with van der Waals surface area (Å²) in [5.41, 5.74) is -1.18. The molecule has 10 nitrogen and oxygen atoms in total. The number of rotatable bonds is 8. The molecule has 0 saturated heterocycles. The molecule has 3 atom stereocenters. The van der Waals surface area contributed by atoms with Crippen molar-refractivity contribution in [1.29, 1.82) is 0 Å². The van der Waals surface area contributed by atoms with Gasteiger partial charge in [0.2, 0.25) is 5.91 Å². The van der Waals surface area contributed by atoms with E-state index in [2.05, 4.69) is 21.3 Å². The molecule has 0 spiro atoms. The third kappa shape index (κ3) is 10.6. The summed E-state index contributed by atoms with van der Waals surface area (Å²) in [7, 11) is 0. The quantitative estimate of drug-likeness (QED) is 0.361. The first-order valence-corrected chi connectivity index (χ1v) is 13.4. The summed E-state index contributed by atoms with van der Waals surface area (Å²) in [5, 5.41) is 10.6. The van der Waals surface area contributed by atoms with E-state index in [1.54, 1.807) is 20.8 Å². The van der Waals surface area contributed by atoms with Gasteiger partial charge in [0, 0.05) is 17.6 Å². The molecule has 1 saturated carbocycles. The van der Waals surface area contributed by atoms with Gasteiger partial charge in [0.05, 0.1) is 18.2 Å². The van der Waals surface area contributed by atoms with Crippen LogP contribution in [-0.2, 0) is 27.1 Å². The highest BCUT2D eigenvalue weighted by molar-refractivity contribution is 5.96. The monoisotopic (exact) mass is 592 g/mol. The van der Waals surface area contributed by atoms with Crippen LogP contribution in [0.3, 0.4) is 0 Å². The van der Waals surface area contributed by atoms with Gasteiger partial charge in [0.1, 0.15) is 12.2 Å². The molecule has 0 heterocycles. The number of nitrogens with one attached hydrogen (secondary N) is 4. The average molecular weight is 593 g/mol. The van der Waals surface area contributed by atoms with Crippen LogP contribution in [0.1, 0.15) is 61.5 Å². The van der Waals surface area contributed by atoms with Gasteiger partial charge in [0.15, 0.2) is 0 Å². The van der Waals surface area contributed by atoms with Crippen molar-refractivity contribution in [1.82, 2.24) is 21.3 Å². The molecule has 4 amide bonds. The Balaban J connectivity index is 1.57. The van der Waals surface area contributed by atoms with Gasteiger partial charge < -0.3 is 30.7 Å². The Labute approximate surface area is 241 Å². The van der Waals surface area contributed by atoms with Crippen molar-refractivity contribution in [3.05, 3.63) is 71.3 Å². The van der Waals surface area contributed by atoms with E-state index >= 15 is 0 Å². The van der Waals surface area contributed by atoms with Gasteiger partial charge in [0.25, 0.3) is 5.91 Å². The number of alkyl halides is 3. The topological polar surface area (TPSA) is 135 Å². The molecule has 1 fully saturated rings.